The van der Waals surface area contributed by atoms with Crippen LogP contribution in [-0.2, 0) is 16.0 Å². The van der Waals surface area contributed by atoms with Crippen LogP contribution in [0.2, 0.25) is 0 Å². The molecule has 1 heterocycles. The molecule has 1 aromatic carbocycles. The first-order valence-electron chi connectivity index (χ1n) is 7.57. The van der Waals surface area contributed by atoms with Crippen molar-refractivity contribution in [1.82, 2.24) is 5.32 Å². The number of nitriles is 1. The predicted molar refractivity (Wildman–Crippen MR) is 80.4 cm³/mol. The molecule has 0 saturated carbocycles. The number of amides is 1. The van der Waals surface area contributed by atoms with E-state index in [0.29, 0.717) is 18.9 Å². The van der Waals surface area contributed by atoms with Crippen molar-refractivity contribution >= 4 is 5.91 Å². The number of benzene rings is 1. The number of nitrogens with one attached hydrogen (secondary N) is 1. The fourth-order valence-corrected chi connectivity index (χ4v) is 2.78. The van der Waals surface area contributed by atoms with Crippen LogP contribution in [0.5, 0.6) is 0 Å². The summed E-state index contributed by atoms with van der Waals surface area (Å²) in [6.07, 6.45) is 2.64. The fraction of sp³-hybridized carbons (Fsp3) is 0.529. The SMILES string of the molecule is CCC1OCCC1CNC(=O)C(C#N)Cc1ccccc1. The minimum atomic E-state index is -0.630. The molecule has 112 valence electrons. The van der Waals surface area contributed by atoms with E-state index in [4.69, 9.17) is 4.74 Å². The lowest BCUT2D eigenvalue weighted by Crippen LogP contribution is -2.36. The number of nitrogens with zero attached hydrogens (tertiary/aromatic N) is 1. The highest BCUT2D eigenvalue weighted by atomic mass is 16.5. The van der Waals surface area contributed by atoms with E-state index >= 15 is 0 Å². The maximum Gasteiger partial charge on any atom is 0.237 e. The van der Waals surface area contributed by atoms with Gasteiger partial charge in [-0.3, -0.25) is 4.79 Å². The summed E-state index contributed by atoms with van der Waals surface area (Å²) < 4.78 is 5.61. The Morgan fingerprint density at radius 2 is 2.24 bits per heavy atom. The summed E-state index contributed by atoms with van der Waals surface area (Å²) in [5.41, 5.74) is 1.01. The van der Waals surface area contributed by atoms with Crippen molar-refractivity contribution in [1.29, 1.82) is 5.26 Å². The zero-order chi connectivity index (χ0) is 15.1. The third-order valence-electron chi connectivity index (χ3n) is 4.04. The van der Waals surface area contributed by atoms with Gasteiger partial charge in [0.2, 0.25) is 5.91 Å². The van der Waals surface area contributed by atoms with Crippen LogP contribution < -0.4 is 5.32 Å². The topological polar surface area (TPSA) is 62.1 Å². The Morgan fingerprint density at radius 1 is 1.48 bits per heavy atom. The van der Waals surface area contributed by atoms with Gasteiger partial charge in [-0.25, -0.2) is 0 Å². The summed E-state index contributed by atoms with van der Waals surface area (Å²) in [7, 11) is 0. The Balaban J connectivity index is 1.85. The average Bonchev–Trinajstić information content (AvgIpc) is 2.98. The molecule has 0 bridgehead atoms. The first kappa shape index (κ1) is 15.5. The molecular weight excluding hydrogens is 264 g/mol. The summed E-state index contributed by atoms with van der Waals surface area (Å²) in [4.78, 5) is 12.2. The lowest BCUT2D eigenvalue weighted by molar-refractivity contribution is -0.123. The summed E-state index contributed by atoms with van der Waals surface area (Å²) in [5, 5.41) is 12.1. The second kappa shape index (κ2) is 7.80. The Bertz CT molecular complexity index is 495. The van der Waals surface area contributed by atoms with E-state index in [1.807, 2.05) is 30.3 Å². The molecule has 3 unspecified atom stereocenters. The maximum absolute atomic E-state index is 12.2. The normalized spacial score (nSPS) is 22.5. The van der Waals surface area contributed by atoms with Crippen molar-refractivity contribution in [3.63, 3.8) is 0 Å². The maximum atomic E-state index is 12.2. The van der Waals surface area contributed by atoms with Crippen LogP contribution in [0.3, 0.4) is 0 Å². The molecule has 3 atom stereocenters. The molecule has 1 fully saturated rings. The number of carbonyl (C=O) groups excluding carboxylic acids is 1. The largest absolute Gasteiger partial charge is 0.378 e. The van der Waals surface area contributed by atoms with Crippen molar-refractivity contribution in [3.05, 3.63) is 35.9 Å². The molecule has 0 aromatic heterocycles. The van der Waals surface area contributed by atoms with E-state index in [2.05, 4.69) is 18.3 Å². The molecule has 0 radical (unpaired) electrons. The van der Waals surface area contributed by atoms with Crippen LogP contribution in [0.15, 0.2) is 30.3 Å². The van der Waals surface area contributed by atoms with Crippen molar-refractivity contribution < 1.29 is 9.53 Å². The van der Waals surface area contributed by atoms with Gasteiger partial charge in [-0.2, -0.15) is 5.26 Å². The number of hydrogen-bond acceptors (Lipinski definition) is 3. The Labute approximate surface area is 126 Å². The molecule has 0 aliphatic carbocycles. The van der Waals surface area contributed by atoms with Gasteiger partial charge >= 0.3 is 0 Å². The Morgan fingerprint density at radius 3 is 2.90 bits per heavy atom. The van der Waals surface area contributed by atoms with Crippen LogP contribution >= 0.6 is 0 Å². The fourth-order valence-electron chi connectivity index (χ4n) is 2.78. The summed E-state index contributed by atoms with van der Waals surface area (Å²) >= 11 is 0. The summed E-state index contributed by atoms with van der Waals surface area (Å²) in [5.74, 6) is -0.437. The zero-order valence-corrected chi connectivity index (χ0v) is 12.4. The van der Waals surface area contributed by atoms with Gasteiger partial charge in [-0.15, -0.1) is 0 Å². The molecule has 1 saturated heterocycles. The van der Waals surface area contributed by atoms with Crippen molar-refractivity contribution in [2.45, 2.75) is 32.3 Å². The number of ether oxygens (including phenoxy) is 1. The molecule has 21 heavy (non-hydrogen) atoms. The smallest absolute Gasteiger partial charge is 0.237 e. The van der Waals surface area contributed by atoms with Crippen molar-refractivity contribution in [2.75, 3.05) is 13.2 Å². The highest BCUT2D eigenvalue weighted by molar-refractivity contribution is 5.81. The standard InChI is InChI=1S/C17H22N2O2/c1-2-16-14(8-9-21-16)12-19-17(20)15(11-18)10-13-6-4-3-5-7-13/h3-7,14-16H,2,8-10,12H2,1H3,(H,19,20). The molecule has 1 amide bonds. The molecule has 0 spiro atoms. The third-order valence-corrected chi connectivity index (χ3v) is 4.04. The summed E-state index contributed by atoms with van der Waals surface area (Å²) in [6.45, 7) is 3.47. The number of rotatable bonds is 6. The van der Waals surface area contributed by atoms with Gasteiger partial charge in [0.15, 0.2) is 0 Å². The first-order chi connectivity index (χ1) is 10.2. The molecule has 1 aliphatic heterocycles. The van der Waals surface area contributed by atoms with Crippen LogP contribution in [0.25, 0.3) is 0 Å². The van der Waals surface area contributed by atoms with E-state index in [9.17, 15) is 10.1 Å². The van der Waals surface area contributed by atoms with E-state index in [1.54, 1.807) is 0 Å². The Kier molecular flexibility index (Phi) is 5.77. The van der Waals surface area contributed by atoms with Gasteiger partial charge in [0, 0.05) is 19.1 Å². The molecule has 2 rings (SSSR count). The van der Waals surface area contributed by atoms with Crippen LogP contribution in [0.1, 0.15) is 25.3 Å². The van der Waals surface area contributed by atoms with Crippen LogP contribution in [0, 0.1) is 23.2 Å². The monoisotopic (exact) mass is 286 g/mol. The van der Waals surface area contributed by atoms with Gasteiger partial charge in [0.25, 0.3) is 0 Å². The molecule has 1 N–H and O–H groups in total. The lowest BCUT2D eigenvalue weighted by atomic mass is 9.97. The zero-order valence-electron chi connectivity index (χ0n) is 12.4. The van der Waals surface area contributed by atoms with Gasteiger partial charge in [0.05, 0.1) is 12.2 Å². The van der Waals surface area contributed by atoms with Crippen LogP contribution in [0.4, 0.5) is 0 Å². The van der Waals surface area contributed by atoms with Gasteiger partial charge < -0.3 is 10.1 Å². The van der Waals surface area contributed by atoms with E-state index in [-0.39, 0.29) is 12.0 Å². The highest BCUT2D eigenvalue weighted by Gasteiger charge is 2.28. The van der Waals surface area contributed by atoms with Gasteiger partial charge in [-0.05, 0) is 24.8 Å². The van der Waals surface area contributed by atoms with Crippen molar-refractivity contribution in [2.24, 2.45) is 11.8 Å². The quantitative estimate of drug-likeness (QED) is 0.873. The minimum absolute atomic E-state index is 0.178. The second-order valence-electron chi connectivity index (χ2n) is 5.48. The minimum Gasteiger partial charge on any atom is -0.378 e. The molecule has 1 aromatic rings. The van der Waals surface area contributed by atoms with Crippen LogP contribution in [-0.4, -0.2) is 25.2 Å². The van der Waals surface area contributed by atoms with E-state index in [1.165, 1.54) is 0 Å². The second-order valence-corrected chi connectivity index (χ2v) is 5.48. The molecule has 1 aliphatic rings. The highest BCUT2D eigenvalue weighted by Crippen LogP contribution is 2.22. The molecular formula is C17H22N2O2. The number of carbonyl (C=O) groups is 1. The van der Waals surface area contributed by atoms with Crippen molar-refractivity contribution in [3.8, 4) is 6.07 Å². The Hall–Kier alpha value is -1.86. The third kappa shape index (κ3) is 4.30. The molecule has 4 heteroatoms. The number of hydrogen-bond donors (Lipinski definition) is 1. The van der Waals surface area contributed by atoms with E-state index in [0.717, 1.165) is 25.0 Å². The molecule has 4 nitrogen and oxygen atoms in total. The lowest BCUT2D eigenvalue weighted by Gasteiger charge is -2.18. The first-order valence-corrected chi connectivity index (χ1v) is 7.57. The predicted octanol–water partition coefficient (Wildman–Crippen LogP) is 2.30. The summed E-state index contributed by atoms with van der Waals surface area (Å²) in [6, 6.07) is 11.8. The van der Waals surface area contributed by atoms with E-state index < -0.39 is 5.92 Å². The average molecular weight is 286 g/mol. The van der Waals surface area contributed by atoms with Gasteiger partial charge in [0.1, 0.15) is 5.92 Å². The van der Waals surface area contributed by atoms with Gasteiger partial charge in [-0.1, -0.05) is 37.3 Å².